The fourth-order valence-corrected chi connectivity index (χ4v) is 5.57. The Kier molecular flexibility index (Phi) is 5.25. The molecule has 2 aliphatic heterocycles. The summed E-state index contributed by atoms with van der Waals surface area (Å²) in [5.74, 6) is 0.859. The smallest absolute Gasteiger partial charge is 0.264 e. The molecule has 3 heterocycles. The molecule has 0 spiro atoms. The molecule has 136 valence electrons. The highest BCUT2D eigenvalue weighted by atomic mass is 35.5. The van der Waals surface area contributed by atoms with Crippen molar-refractivity contribution in [2.24, 2.45) is 0 Å². The topological polar surface area (TPSA) is 49.4 Å². The molecule has 2 amide bonds. The molecule has 0 aliphatic carbocycles. The molecule has 2 aliphatic rings. The van der Waals surface area contributed by atoms with Gasteiger partial charge in [0.25, 0.3) is 5.91 Å². The SMILES string of the molecule is O=C(N[C@@H]1CCSc2ccc(Cl)cc21)[C@H]1CCCN1C(=O)c1cccs1. The van der Waals surface area contributed by atoms with Crippen molar-refractivity contribution in [2.45, 2.75) is 36.2 Å². The first-order valence-corrected chi connectivity index (χ1v) is 10.9. The minimum atomic E-state index is -0.387. The molecule has 4 rings (SSSR count). The van der Waals surface area contributed by atoms with Gasteiger partial charge in [0, 0.05) is 22.2 Å². The molecule has 2 aromatic rings. The van der Waals surface area contributed by atoms with Gasteiger partial charge in [0.05, 0.1) is 10.9 Å². The molecule has 0 bridgehead atoms. The summed E-state index contributed by atoms with van der Waals surface area (Å²) in [6, 6.07) is 9.09. The molecule has 0 unspecified atom stereocenters. The number of thiophene rings is 1. The lowest BCUT2D eigenvalue weighted by atomic mass is 10.0. The summed E-state index contributed by atoms with van der Waals surface area (Å²) in [5.41, 5.74) is 1.08. The van der Waals surface area contributed by atoms with Crippen LogP contribution in [0.1, 0.15) is 40.5 Å². The maximum atomic E-state index is 13.0. The van der Waals surface area contributed by atoms with Crippen molar-refractivity contribution >= 4 is 46.5 Å². The van der Waals surface area contributed by atoms with E-state index in [9.17, 15) is 9.59 Å². The quantitative estimate of drug-likeness (QED) is 0.823. The van der Waals surface area contributed by atoms with E-state index in [0.29, 0.717) is 22.9 Å². The van der Waals surface area contributed by atoms with Gasteiger partial charge in [-0.05, 0) is 54.5 Å². The Hall–Kier alpha value is -1.50. The fraction of sp³-hybridized carbons (Fsp3) is 0.368. The van der Waals surface area contributed by atoms with Gasteiger partial charge in [0.2, 0.25) is 5.91 Å². The molecule has 7 heteroatoms. The third-order valence-electron chi connectivity index (χ3n) is 4.88. The zero-order chi connectivity index (χ0) is 18.1. The average molecular weight is 407 g/mol. The van der Waals surface area contributed by atoms with Crippen molar-refractivity contribution in [3.8, 4) is 0 Å². The second-order valence-corrected chi connectivity index (χ2v) is 9.04. The van der Waals surface area contributed by atoms with E-state index in [1.807, 2.05) is 35.7 Å². The predicted octanol–water partition coefficient (Wildman–Crippen LogP) is 4.36. The number of nitrogens with one attached hydrogen (secondary N) is 1. The van der Waals surface area contributed by atoms with Gasteiger partial charge in [-0.25, -0.2) is 0 Å². The number of amides is 2. The molecule has 4 nitrogen and oxygen atoms in total. The number of carbonyl (C=O) groups excluding carboxylic acids is 2. The van der Waals surface area contributed by atoms with Crippen molar-refractivity contribution in [2.75, 3.05) is 12.3 Å². The van der Waals surface area contributed by atoms with Crippen LogP contribution in [0.5, 0.6) is 0 Å². The minimum absolute atomic E-state index is 0.0414. The van der Waals surface area contributed by atoms with E-state index in [0.717, 1.165) is 24.2 Å². The predicted molar refractivity (Wildman–Crippen MR) is 106 cm³/mol. The first-order valence-electron chi connectivity index (χ1n) is 8.70. The van der Waals surface area contributed by atoms with Gasteiger partial charge in [-0.1, -0.05) is 17.7 Å². The lowest BCUT2D eigenvalue weighted by Gasteiger charge is -2.29. The van der Waals surface area contributed by atoms with Crippen LogP contribution in [0.2, 0.25) is 5.02 Å². The summed E-state index contributed by atoms with van der Waals surface area (Å²) in [4.78, 5) is 29.2. The number of halogens is 1. The van der Waals surface area contributed by atoms with Gasteiger partial charge in [-0.15, -0.1) is 23.1 Å². The van der Waals surface area contributed by atoms with Crippen molar-refractivity contribution in [1.29, 1.82) is 0 Å². The highest BCUT2D eigenvalue weighted by Crippen LogP contribution is 2.37. The third kappa shape index (κ3) is 3.50. The Morgan fingerprint density at radius 2 is 2.12 bits per heavy atom. The number of hydrogen-bond acceptors (Lipinski definition) is 4. The first kappa shape index (κ1) is 17.9. The Morgan fingerprint density at radius 3 is 2.92 bits per heavy atom. The number of nitrogens with zero attached hydrogens (tertiary/aromatic N) is 1. The van der Waals surface area contributed by atoms with Crippen molar-refractivity contribution in [1.82, 2.24) is 10.2 Å². The van der Waals surface area contributed by atoms with E-state index in [4.69, 9.17) is 11.6 Å². The van der Waals surface area contributed by atoms with E-state index in [2.05, 4.69) is 5.32 Å². The molecule has 1 saturated heterocycles. The van der Waals surface area contributed by atoms with Crippen LogP contribution in [0.4, 0.5) is 0 Å². The van der Waals surface area contributed by atoms with E-state index < -0.39 is 0 Å². The summed E-state index contributed by atoms with van der Waals surface area (Å²) < 4.78 is 0. The number of thioether (sulfide) groups is 1. The summed E-state index contributed by atoms with van der Waals surface area (Å²) >= 11 is 9.36. The Morgan fingerprint density at radius 1 is 1.23 bits per heavy atom. The summed E-state index contributed by atoms with van der Waals surface area (Å²) in [7, 11) is 0. The number of carbonyl (C=O) groups is 2. The van der Waals surface area contributed by atoms with Gasteiger partial charge in [-0.3, -0.25) is 9.59 Å². The van der Waals surface area contributed by atoms with Gasteiger partial charge >= 0.3 is 0 Å². The number of likely N-dealkylation sites (tertiary alicyclic amines) is 1. The number of benzene rings is 1. The summed E-state index contributed by atoms with van der Waals surface area (Å²) in [6.07, 6.45) is 2.44. The third-order valence-corrected chi connectivity index (χ3v) is 7.09. The van der Waals surface area contributed by atoms with Gasteiger partial charge < -0.3 is 10.2 Å². The second kappa shape index (κ2) is 7.62. The van der Waals surface area contributed by atoms with Crippen molar-refractivity contribution in [3.63, 3.8) is 0 Å². The van der Waals surface area contributed by atoms with Crippen LogP contribution < -0.4 is 5.32 Å². The normalized spacial score (nSPS) is 22.1. The largest absolute Gasteiger partial charge is 0.347 e. The average Bonchev–Trinajstić information content (AvgIpc) is 3.33. The van der Waals surface area contributed by atoms with Crippen molar-refractivity contribution < 1.29 is 9.59 Å². The van der Waals surface area contributed by atoms with Gasteiger partial charge in [-0.2, -0.15) is 0 Å². The van der Waals surface area contributed by atoms with Crippen LogP contribution in [0.15, 0.2) is 40.6 Å². The van der Waals surface area contributed by atoms with Crippen molar-refractivity contribution in [3.05, 3.63) is 51.2 Å². The summed E-state index contributed by atoms with van der Waals surface area (Å²) in [5, 5.41) is 5.74. The maximum Gasteiger partial charge on any atom is 0.264 e. The molecule has 1 aromatic carbocycles. The monoisotopic (exact) mass is 406 g/mol. The maximum absolute atomic E-state index is 13.0. The molecule has 0 radical (unpaired) electrons. The molecule has 2 atom stereocenters. The molecule has 26 heavy (non-hydrogen) atoms. The van der Waals surface area contributed by atoms with E-state index in [1.165, 1.54) is 16.2 Å². The van der Waals surface area contributed by atoms with Crippen LogP contribution >= 0.6 is 34.7 Å². The molecule has 1 aromatic heterocycles. The first-order chi connectivity index (χ1) is 12.6. The highest BCUT2D eigenvalue weighted by molar-refractivity contribution is 7.99. The van der Waals surface area contributed by atoms with Crippen LogP contribution in [0, 0.1) is 0 Å². The van der Waals surface area contributed by atoms with Gasteiger partial charge in [0.15, 0.2) is 0 Å². The number of hydrogen-bond donors (Lipinski definition) is 1. The Bertz CT molecular complexity index is 825. The van der Waals surface area contributed by atoms with Gasteiger partial charge in [0.1, 0.15) is 6.04 Å². The molecule has 1 N–H and O–H groups in total. The van der Waals surface area contributed by atoms with Crippen LogP contribution in [-0.4, -0.2) is 35.1 Å². The van der Waals surface area contributed by atoms with E-state index in [1.54, 1.807) is 16.7 Å². The minimum Gasteiger partial charge on any atom is -0.347 e. The summed E-state index contributed by atoms with van der Waals surface area (Å²) in [6.45, 7) is 0.637. The molecular weight excluding hydrogens is 388 g/mol. The van der Waals surface area contributed by atoms with E-state index in [-0.39, 0.29) is 23.9 Å². The van der Waals surface area contributed by atoms with Crippen LogP contribution in [0.3, 0.4) is 0 Å². The Labute approximate surface area is 165 Å². The van der Waals surface area contributed by atoms with E-state index >= 15 is 0 Å². The zero-order valence-electron chi connectivity index (χ0n) is 14.1. The molecule has 1 fully saturated rings. The van der Waals surface area contributed by atoms with Crippen LogP contribution in [-0.2, 0) is 4.79 Å². The number of rotatable bonds is 3. The standard InChI is InChI=1S/C19H19ClN2O2S2/c20-12-5-6-16-13(11-12)14(7-10-26-16)21-18(23)15-3-1-8-22(15)19(24)17-4-2-9-25-17/h2,4-6,9,11,14-15H,1,3,7-8,10H2,(H,21,23)/t14-,15-/m1/s1. The zero-order valence-corrected chi connectivity index (χ0v) is 16.5. The lowest BCUT2D eigenvalue weighted by Crippen LogP contribution is -2.47. The lowest BCUT2D eigenvalue weighted by molar-refractivity contribution is -0.125. The fourth-order valence-electron chi connectivity index (χ4n) is 3.61. The highest BCUT2D eigenvalue weighted by Gasteiger charge is 2.36. The molecular formula is C19H19ClN2O2S2. The number of fused-ring (bicyclic) bond motifs is 1. The Balaban J connectivity index is 1.50. The van der Waals surface area contributed by atoms with Crippen LogP contribution in [0.25, 0.3) is 0 Å². The molecule has 0 saturated carbocycles. The second-order valence-electron chi connectivity index (χ2n) is 6.51.